The van der Waals surface area contributed by atoms with Crippen LogP contribution in [-0.2, 0) is 17.8 Å². The number of aldehydes is 1. The van der Waals surface area contributed by atoms with Gasteiger partial charge >= 0.3 is 0 Å². The minimum Gasteiger partial charge on any atom is -0.303 e. The molecule has 0 radical (unpaired) electrons. The van der Waals surface area contributed by atoms with Gasteiger partial charge in [0.05, 0.1) is 6.04 Å². The number of hydrogen-bond donors (Lipinski definition) is 1. The number of rotatable bonds is 1. The monoisotopic (exact) mass is 197 g/mol. The summed E-state index contributed by atoms with van der Waals surface area (Å²) in [5, 5.41) is 3.16. The molecule has 0 saturated carbocycles. The molecular weight excluding hydrogens is 186 g/mol. The molecule has 70 valence electrons. The molecule has 0 fully saturated rings. The molecule has 0 spiro atoms. The van der Waals surface area contributed by atoms with Crippen LogP contribution in [-0.4, -0.2) is 12.3 Å². The summed E-state index contributed by atoms with van der Waals surface area (Å²) in [6, 6.07) is 8.25. The standard InChI is InChI=1S/C10H11NO.ClH/c12-7-10-5-8-3-1-2-4-9(8)6-11-10;/h1-4,7,10-11H,5-6H2;1H. The van der Waals surface area contributed by atoms with Gasteiger partial charge in [-0.1, -0.05) is 24.3 Å². The third-order valence-corrected chi connectivity index (χ3v) is 2.28. The van der Waals surface area contributed by atoms with Gasteiger partial charge in [-0.3, -0.25) is 0 Å². The Hall–Kier alpha value is -0.860. The Kier molecular flexibility index (Phi) is 3.46. The largest absolute Gasteiger partial charge is 0.303 e. The Labute approximate surface area is 83.7 Å². The topological polar surface area (TPSA) is 29.1 Å². The summed E-state index contributed by atoms with van der Waals surface area (Å²) in [6.45, 7) is 0.819. The quantitative estimate of drug-likeness (QED) is 0.689. The number of fused-ring (bicyclic) bond motifs is 1. The highest BCUT2D eigenvalue weighted by atomic mass is 35.5. The molecule has 2 nitrogen and oxygen atoms in total. The van der Waals surface area contributed by atoms with E-state index in [1.807, 2.05) is 12.1 Å². The van der Waals surface area contributed by atoms with Gasteiger partial charge in [0.15, 0.2) is 0 Å². The number of carbonyl (C=O) groups is 1. The van der Waals surface area contributed by atoms with Gasteiger partial charge in [-0.2, -0.15) is 0 Å². The van der Waals surface area contributed by atoms with E-state index >= 15 is 0 Å². The second-order valence-corrected chi connectivity index (χ2v) is 3.10. The third-order valence-electron chi connectivity index (χ3n) is 2.28. The molecule has 0 saturated heterocycles. The predicted octanol–water partition coefficient (Wildman–Crippen LogP) is 1.32. The van der Waals surface area contributed by atoms with Crippen LogP contribution in [0.15, 0.2) is 24.3 Å². The van der Waals surface area contributed by atoms with E-state index in [-0.39, 0.29) is 18.4 Å². The SMILES string of the molecule is Cl.O=CC1Cc2ccccc2CN1. The Bertz CT molecular complexity index is 301. The van der Waals surface area contributed by atoms with E-state index in [0.717, 1.165) is 19.3 Å². The van der Waals surface area contributed by atoms with E-state index in [4.69, 9.17) is 0 Å². The van der Waals surface area contributed by atoms with Crippen LogP contribution in [0.25, 0.3) is 0 Å². The normalized spacial score (nSPS) is 19.8. The summed E-state index contributed by atoms with van der Waals surface area (Å²) in [7, 11) is 0. The number of halogens is 1. The van der Waals surface area contributed by atoms with Crippen molar-refractivity contribution in [2.75, 3.05) is 0 Å². The molecule has 2 rings (SSSR count). The second kappa shape index (κ2) is 4.40. The molecule has 0 bridgehead atoms. The smallest absolute Gasteiger partial charge is 0.137 e. The minimum atomic E-state index is 0. The van der Waals surface area contributed by atoms with Crippen molar-refractivity contribution >= 4 is 18.7 Å². The Morgan fingerprint density at radius 2 is 2.00 bits per heavy atom. The summed E-state index contributed by atoms with van der Waals surface area (Å²) in [5.74, 6) is 0. The van der Waals surface area contributed by atoms with E-state index in [1.54, 1.807) is 0 Å². The first-order valence-electron chi connectivity index (χ1n) is 4.15. The maximum atomic E-state index is 10.5. The average Bonchev–Trinajstić information content (AvgIpc) is 2.17. The first-order chi connectivity index (χ1) is 5.90. The van der Waals surface area contributed by atoms with E-state index in [1.165, 1.54) is 11.1 Å². The first kappa shape index (κ1) is 10.2. The van der Waals surface area contributed by atoms with Gasteiger partial charge in [0.2, 0.25) is 0 Å². The van der Waals surface area contributed by atoms with E-state index in [2.05, 4.69) is 17.4 Å². The highest BCUT2D eigenvalue weighted by Crippen LogP contribution is 2.14. The van der Waals surface area contributed by atoms with Gasteiger partial charge in [-0.15, -0.1) is 12.4 Å². The van der Waals surface area contributed by atoms with Crippen LogP contribution < -0.4 is 5.32 Å². The molecule has 0 aliphatic carbocycles. The molecule has 1 aliphatic heterocycles. The van der Waals surface area contributed by atoms with Crippen LogP contribution in [0.3, 0.4) is 0 Å². The molecule has 1 aromatic rings. The van der Waals surface area contributed by atoms with Crippen LogP contribution in [0.5, 0.6) is 0 Å². The molecule has 1 N–H and O–H groups in total. The lowest BCUT2D eigenvalue weighted by atomic mass is 9.97. The fraction of sp³-hybridized carbons (Fsp3) is 0.300. The lowest BCUT2D eigenvalue weighted by Gasteiger charge is -2.21. The molecule has 1 atom stereocenters. The van der Waals surface area contributed by atoms with Crippen molar-refractivity contribution in [1.82, 2.24) is 5.32 Å². The molecule has 13 heavy (non-hydrogen) atoms. The summed E-state index contributed by atoms with van der Waals surface area (Å²) < 4.78 is 0. The van der Waals surface area contributed by atoms with Crippen molar-refractivity contribution in [3.8, 4) is 0 Å². The van der Waals surface area contributed by atoms with Crippen LogP contribution >= 0.6 is 12.4 Å². The van der Waals surface area contributed by atoms with Gasteiger partial charge in [-0.25, -0.2) is 0 Å². The summed E-state index contributed by atoms with van der Waals surface area (Å²) >= 11 is 0. The number of benzene rings is 1. The van der Waals surface area contributed by atoms with Gasteiger partial charge in [-0.05, 0) is 17.5 Å². The van der Waals surface area contributed by atoms with Crippen molar-refractivity contribution in [3.63, 3.8) is 0 Å². The van der Waals surface area contributed by atoms with Gasteiger partial charge in [0.25, 0.3) is 0 Å². The Morgan fingerprint density at radius 1 is 1.31 bits per heavy atom. The zero-order valence-corrected chi connectivity index (χ0v) is 8.01. The van der Waals surface area contributed by atoms with Gasteiger partial charge < -0.3 is 10.1 Å². The van der Waals surface area contributed by atoms with Gasteiger partial charge in [0.1, 0.15) is 6.29 Å². The first-order valence-corrected chi connectivity index (χ1v) is 4.15. The van der Waals surface area contributed by atoms with Gasteiger partial charge in [0, 0.05) is 6.54 Å². The fourth-order valence-electron chi connectivity index (χ4n) is 1.58. The van der Waals surface area contributed by atoms with Crippen LogP contribution in [0.2, 0.25) is 0 Å². The molecule has 1 unspecified atom stereocenters. The fourth-order valence-corrected chi connectivity index (χ4v) is 1.58. The Balaban J connectivity index is 0.000000845. The minimum absolute atomic E-state index is 0. The maximum Gasteiger partial charge on any atom is 0.137 e. The van der Waals surface area contributed by atoms with Crippen molar-refractivity contribution in [3.05, 3.63) is 35.4 Å². The van der Waals surface area contributed by atoms with E-state index in [0.29, 0.717) is 0 Å². The van der Waals surface area contributed by atoms with Crippen molar-refractivity contribution in [2.24, 2.45) is 0 Å². The molecule has 3 heteroatoms. The number of carbonyl (C=O) groups excluding carboxylic acids is 1. The molecule has 0 aromatic heterocycles. The maximum absolute atomic E-state index is 10.5. The lowest BCUT2D eigenvalue weighted by Crippen LogP contribution is -2.36. The highest BCUT2D eigenvalue weighted by Gasteiger charge is 2.15. The predicted molar refractivity (Wildman–Crippen MR) is 54.1 cm³/mol. The molecule has 1 heterocycles. The van der Waals surface area contributed by atoms with Crippen molar-refractivity contribution in [2.45, 2.75) is 19.0 Å². The zero-order valence-electron chi connectivity index (χ0n) is 7.19. The van der Waals surface area contributed by atoms with E-state index in [9.17, 15) is 4.79 Å². The number of nitrogens with one attached hydrogen (secondary N) is 1. The lowest BCUT2D eigenvalue weighted by molar-refractivity contribution is -0.109. The summed E-state index contributed by atoms with van der Waals surface area (Å²) in [4.78, 5) is 10.5. The van der Waals surface area contributed by atoms with Crippen molar-refractivity contribution < 1.29 is 4.79 Å². The van der Waals surface area contributed by atoms with Crippen LogP contribution in [0, 0.1) is 0 Å². The molecule has 0 amide bonds. The highest BCUT2D eigenvalue weighted by molar-refractivity contribution is 5.85. The third kappa shape index (κ3) is 2.08. The second-order valence-electron chi connectivity index (χ2n) is 3.10. The molecular formula is C10H12ClNO. The Morgan fingerprint density at radius 3 is 2.69 bits per heavy atom. The number of hydrogen-bond acceptors (Lipinski definition) is 2. The zero-order chi connectivity index (χ0) is 8.39. The van der Waals surface area contributed by atoms with E-state index < -0.39 is 0 Å². The summed E-state index contributed by atoms with van der Waals surface area (Å²) in [5.41, 5.74) is 2.61. The summed E-state index contributed by atoms with van der Waals surface area (Å²) in [6.07, 6.45) is 1.82. The molecule has 1 aromatic carbocycles. The average molecular weight is 198 g/mol. The van der Waals surface area contributed by atoms with Crippen LogP contribution in [0.1, 0.15) is 11.1 Å². The van der Waals surface area contributed by atoms with Crippen molar-refractivity contribution in [1.29, 1.82) is 0 Å². The molecule has 1 aliphatic rings. The van der Waals surface area contributed by atoms with Crippen LogP contribution in [0.4, 0.5) is 0 Å².